The van der Waals surface area contributed by atoms with Gasteiger partial charge in [0.05, 0.1) is 23.8 Å². The Hall–Kier alpha value is -4.59. The van der Waals surface area contributed by atoms with Gasteiger partial charge in [-0.1, -0.05) is 18.2 Å². The number of nitrogens with one attached hydrogen (secondary N) is 1. The smallest absolute Gasteiger partial charge is 0.276 e. The van der Waals surface area contributed by atoms with Gasteiger partial charge in [0, 0.05) is 35.4 Å². The molecule has 1 amide bonds. The van der Waals surface area contributed by atoms with E-state index in [1.165, 1.54) is 0 Å². The molecule has 1 N–H and O–H groups in total. The zero-order chi connectivity index (χ0) is 22.8. The first-order chi connectivity index (χ1) is 16.1. The van der Waals surface area contributed by atoms with Crippen LogP contribution in [0.25, 0.3) is 28.1 Å². The molecule has 0 bridgehead atoms. The standard InChI is InChI=1S/C25H20N6O2/c1-16-5-3-8-24(28-16)31-23(17-9-10-20-21(13-17)27-12-11-26-20)15-22(30-31)25(32)29-18-6-4-7-19(14-18)33-2/h3-15H,1-2H3,(H,29,32). The number of carbonyl (C=O) groups excluding carboxylic acids is 1. The Labute approximate surface area is 189 Å². The number of carbonyl (C=O) groups is 1. The molecule has 0 aliphatic rings. The highest BCUT2D eigenvalue weighted by molar-refractivity contribution is 6.03. The van der Waals surface area contributed by atoms with Crippen molar-refractivity contribution in [3.63, 3.8) is 0 Å². The van der Waals surface area contributed by atoms with Crippen molar-refractivity contribution in [2.24, 2.45) is 0 Å². The van der Waals surface area contributed by atoms with Crippen molar-refractivity contribution in [1.82, 2.24) is 24.7 Å². The van der Waals surface area contributed by atoms with E-state index in [0.717, 1.165) is 28.0 Å². The molecule has 3 aromatic heterocycles. The Balaban J connectivity index is 1.58. The molecule has 5 aromatic rings. The Kier molecular flexibility index (Phi) is 5.24. The van der Waals surface area contributed by atoms with Crippen molar-refractivity contribution in [2.45, 2.75) is 6.92 Å². The van der Waals surface area contributed by atoms with Crippen LogP contribution in [0.1, 0.15) is 16.2 Å². The molecule has 0 aliphatic carbocycles. The van der Waals surface area contributed by atoms with E-state index in [4.69, 9.17) is 4.74 Å². The maximum Gasteiger partial charge on any atom is 0.276 e. The van der Waals surface area contributed by atoms with Gasteiger partial charge in [-0.25, -0.2) is 9.67 Å². The van der Waals surface area contributed by atoms with Gasteiger partial charge in [-0.3, -0.25) is 14.8 Å². The van der Waals surface area contributed by atoms with Crippen LogP contribution in [-0.2, 0) is 0 Å². The molecule has 0 unspecified atom stereocenters. The van der Waals surface area contributed by atoms with E-state index in [1.54, 1.807) is 42.4 Å². The summed E-state index contributed by atoms with van der Waals surface area (Å²) in [4.78, 5) is 26.4. The number of ether oxygens (including phenoxy) is 1. The Bertz CT molecular complexity index is 1480. The Morgan fingerprint density at radius 3 is 2.58 bits per heavy atom. The number of benzene rings is 2. The molecular weight excluding hydrogens is 416 g/mol. The number of pyridine rings is 1. The summed E-state index contributed by atoms with van der Waals surface area (Å²) in [6.07, 6.45) is 3.31. The number of rotatable bonds is 5. The lowest BCUT2D eigenvalue weighted by molar-refractivity contribution is 0.102. The fourth-order valence-electron chi connectivity index (χ4n) is 3.54. The van der Waals surface area contributed by atoms with E-state index in [0.29, 0.717) is 17.3 Å². The molecule has 162 valence electrons. The maximum atomic E-state index is 13.1. The van der Waals surface area contributed by atoms with Gasteiger partial charge in [-0.05, 0) is 49.4 Å². The summed E-state index contributed by atoms with van der Waals surface area (Å²) in [7, 11) is 1.58. The average molecular weight is 436 g/mol. The zero-order valence-electron chi connectivity index (χ0n) is 18.1. The third kappa shape index (κ3) is 4.14. The average Bonchev–Trinajstić information content (AvgIpc) is 3.30. The molecule has 8 heteroatoms. The molecule has 0 aliphatic heterocycles. The number of hydrogen-bond donors (Lipinski definition) is 1. The van der Waals surface area contributed by atoms with Crippen molar-refractivity contribution in [2.75, 3.05) is 12.4 Å². The Morgan fingerprint density at radius 2 is 1.76 bits per heavy atom. The van der Waals surface area contributed by atoms with Gasteiger partial charge in [-0.15, -0.1) is 0 Å². The van der Waals surface area contributed by atoms with E-state index < -0.39 is 0 Å². The van der Waals surface area contributed by atoms with Gasteiger partial charge in [0.1, 0.15) is 5.75 Å². The summed E-state index contributed by atoms with van der Waals surface area (Å²) in [6, 6.07) is 20.3. The minimum Gasteiger partial charge on any atom is -0.497 e. The second-order valence-electron chi connectivity index (χ2n) is 7.41. The fourth-order valence-corrected chi connectivity index (χ4v) is 3.54. The van der Waals surface area contributed by atoms with Crippen LogP contribution in [0.15, 0.2) is 79.1 Å². The third-order valence-electron chi connectivity index (χ3n) is 5.13. The van der Waals surface area contributed by atoms with Crippen LogP contribution in [0, 0.1) is 6.92 Å². The summed E-state index contributed by atoms with van der Waals surface area (Å²) < 4.78 is 6.91. The molecule has 0 saturated heterocycles. The van der Waals surface area contributed by atoms with Crippen molar-refractivity contribution >= 4 is 22.6 Å². The first kappa shape index (κ1) is 20.3. The van der Waals surface area contributed by atoms with Crippen LogP contribution >= 0.6 is 0 Å². The van der Waals surface area contributed by atoms with E-state index in [9.17, 15) is 4.79 Å². The molecule has 0 fully saturated rings. The van der Waals surface area contributed by atoms with Crippen LogP contribution in [0.4, 0.5) is 5.69 Å². The molecule has 8 nitrogen and oxygen atoms in total. The second-order valence-corrected chi connectivity index (χ2v) is 7.41. The molecule has 33 heavy (non-hydrogen) atoms. The third-order valence-corrected chi connectivity index (χ3v) is 5.13. The number of nitrogens with zero attached hydrogens (tertiary/aromatic N) is 5. The normalized spacial score (nSPS) is 10.8. The van der Waals surface area contributed by atoms with E-state index in [-0.39, 0.29) is 11.6 Å². The first-order valence-electron chi connectivity index (χ1n) is 10.3. The van der Waals surface area contributed by atoms with Gasteiger partial charge >= 0.3 is 0 Å². The van der Waals surface area contributed by atoms with Crippen molar-refractivity contribution < 1.29 is 9.53 Å². The second kappa shape index (κ2) is 8.51. The molecule has 3 heterocycles. The highest BCUT2D eigenvalue weighted by atomic mass is 16.5. The lowest BCUT2D eigenvalue weighted by Crippen LogP contribution is -2.13. The van der Waals surface area contributed by atoms with Gasteiger partial charge in [0.2, 0.25) is 0 Å². The number of aromatic nitrogens is 5. The summed E-state index contributed by atoms with van der Waals surface area (Å²) in [5.41, 5.74) is 4.83. The molecule has 0 atom stereocenters. The topological polar surface area (TPSA) is 94.8 Å². The SMILES string of the molecule is COc1cccc(NC(=O)c2cc(-c3ccc4nccnc4c3)n(-c3cccc(C)n3)n2)c1. The van der Waals surface area contributed by atoms with Gasteiger partial charge < -0.3 is 10.1 Å². The largest absolute Gasteiger partial charge is 0.497 e. The van der Waals surface area contributed by atoms with Gasteiger partial charge in [-0.2, -0.15) is 5.10 Å². The number of aryl methyl sites for hydroxylation is 1. The van der Waals surface area contributed by atoms with Crippen molar-refractivity contribution in [3.8, 4) is 22.8 Å². The van der Waals surface area contributed by atoms with Crippen molar-refractivity contribution in [3.05, 3.63) is 90.5 Å². The van der Waals surface area contributed by atoms with Crippen LogP contribution in [0.3, 0.4) is 0 Å². The highest BCUT2D eigenvalue weighted by Gasteiger charge is 2.18. The summed E-state index contributed by atoms with van der Waals surface area (Å²) in [5, 5.41) is 7.47. The molecule has 0 saturated carbocycles. The van der Waals surface area contributed by atoms with E-state index in [2.05, 4.69) is 25.4 Å². The summed E-state index contributed by atoms with van der Waals surface area (Å²) >= 11 is 0. The minimum absolute atomic E-state index is 0.260. The lowest BCUT2D eigenvalue weighted by Gasteiger charge is -2.08. The first-order valence-corrected chi connectivity index (χ1v) is 10.3. The monoisotopic (exact) mass is 436 g/mol. The van der Waals surface area contributed by atoms with Gasteiger partial charge in [0.15, 0.2) is 11.5 Å². The summed E-state index contributed by atoms with van der Waals surface area (Å²) in [6.45, 7) is 1.91. The van der Waals surface area contributed by atoms with Crippen LogP contribution < -0.4 is 10.1 Å². The van der Waals surface area contributed by atoms with Crippen LogP contribution in [0.5, 0.6) is 5.75 Å². The van der Waals surface area contributed by atoms with Gasteiger partial charge in [0.25, 0.3) is 5.91 Å². The number of anilines is 1. The number of methoxy groups -OCH3 is 1. The molecule has 2 aromatic carbocycles. The molecule has 0 radical (unpaired) electrons. The van der Waals surface area contributed by atoms with E-state index in [1.807, 2.05) is 55.5 Å². The molecule has 5 rings (SSSR count). The summed E-state index contributed by atoms with van der Waals surface area (Å²) in [5.74, 6) is 0.932. The highest BCUT2D eigenvalue weighted by Crippen LogP contribution is 2.26. The van der Waals surface area contributed by atoms with Crippen LogP contribution in [-0.4, -0.2) is 37.7 Å². The molecular formula is C25H20N6O2. The minimum atomic E-state index is -0.337. The lowest BCUT2D eigenvalue weighted by atomic mass is 10.1. The fraction of sp³-hybridized carbons (Fsp3) is 0.0800. The predicted octanol–water partition coefficient (Wildman–Crippen LogP) is 4.45. The number of fused-ring (bicyclic) bond motifs is 1. The zero-order valence-corrected chi connectivity index (χ0v) is 18.1. The van der Waals surface area contributed by atoms with Crippen LogP contribution in [0.2, 0.25) is 0 Å². The number of hydrogen-bond acceptors (Lipinski definition) is 6. The maximum absolute atomic E-state index is 13.1. The number of amides is 1. The van der Waals surface area contributed by atoms with E-state index >= 15 is 0 Å². The quantitative estimate of drug-likeness (QED) is 0.437. The van der Waals surface area contributed by atoms with Crippen molar-refractivity contribution in [1.29, 1.82) is 0 Å². The molecule has 0 spiro atoms. The Morgan fingerprint density at radius 1 is 0.939 bits per heavy atom. The predicted molar refractivity (Wildman–Crippen MR) is 126 cm³/mol.